The van der Waals surface area contributed by atoms with Gasteiger partial charge in [-0.25, -0.2) is 4.79 Å². The Kier molecular flexibility index (Phi) is 4.26. The van der Waals surface area contributed by atoms with E-state index < -0.39 is 17.4 Å². The highest BCUT2D eigenvalue weighted by Gasteiger charge is 2.37. The molecule has 3 N–H and O–H groups in total. The van der Waals surface area contributed by atoms with Crippen molar-refractivity contribution >= 4 is 16.9 Å². The Balaban J connectivity index is 2.33. The maximum atomic E-state index is 12.7. The maximum Gasteiger partial charge on any atom is 0.338 e. The summed E-state index contributed by atoms with van der Waals surface area (Å²) in [6, 6.07) is 9.21. The van der Waals surface area contributed by atoms with Crippen LogP contribution in [-0.2, 0) is 14.3 Å². The van der Waals surface area contributed by atoms with Gasteiger partial charge in [-0.05, 0) is 37.4 Å². The lowest BCUT2D eigenvalue weighted by Crippen LogP contribution is -2.28. The summed E-state index contributed by atoms with van der Waals surface area (Å²) in [4.78, 5) is 27.8. The third-order valence-electron chi connectivity index (χ3n) is 4.35. The molecule has 0 spiro atoms. The van der Waals surface area contributed by atoms with Gasteiger partial charge in [0.1, 0.15) is 17.4 Å². The molecule has 0 saturated carbocycles. The quantitative estimate of drug-likeness (QED) is 0.800. The Morgan fingerprint density at radius 2 is 2.08 bits per heavy atom. The van der Waals surface area contributed by atoms with E-state index >= 15 is 0 Å². The zero-order valence-electron chi connectivity index (χ0n) is 14.5. The summed E-state index contributed by atoms with van der Waals surface area (Å²) >= 11 is 0. The van der Waals surface area contributed by atoms with E-state index in [-0.39, 0.29) is 28.4 Å². The maximum absolute atomic E-state index is 12.7. The Morgan fingerprint density at radius 3 is 2.73 bits per heavy atom. The van der Waals surface area contributed by atoms with Gasteiger partial charge in [0.2, 0.25) is 5.88 Å². The number of nitriles is 1. The second-order valence-electron chi connectivity index (χ2n) is 6.03. The molecule has 1 aromatic carbocycles. The summed E-state index contributed by atoms with van der Waals surface area (Å²) in [5.41, 5.74) is 7.39. The summed E-state index contributed by atoms with van der Waals surface area (Å²) in [7, 11) is 1.22. The highest BCUT2D eigenvalue weighted by molar-refractivity contribution is 5.93. The molecule has 1 aromatic heterocycles. The van der Waals surface area contributed by atoms with Gasteiger partial charge in [-0.1, -0.05) is 11.6 Å². The molecule has 1 aliphatic heterocycles. The van der Waals surface area contributed by atoms with Crippen molar-refractivity contribution in [2.75, 3.05) is 7.11 Å². The van der Waals surface area contributed by atoms with Crippen LogP contribution in [0.4, 0.5) is 0 Å². The van der Waals surface area contributed by atoms with Crippen LogP contribution in [0.3, 0.4) is 0 Å². The second-order valence-corrected chi connectivity index (χ2v) is 6.03. The Bertz CT molecular complexity index is 1090. The Hall–Kier alpha value is -3.53. The van der Waals surface area contributed by atoms with Gasteiger partial charge in [0.15, 0.2) is 0 Å². The van der Waals surface area contributed by atoms with Crippen LogP contribution < -0.4 is 11.3 Å². The number of aryl methyl sites for hydroxylation is 1. The van der Waals surface area contributed by atoms with Crippen molar-refractivity contribution in [2.45, 2.75) is 19.8 Å². The third kappa shape index (κ3) is 2.71. The minimum Gasteiger partial charge on any atom is -0.466 e. The molecule has 0 radical (unpaired) electrons. The number of nitrogens with zero attached hydrogens (tertiary/aromatic N) is 1. The number of carbonyl (C=O) groups excluding carboxylic acids is 1. The third-order valence-corrected chi connectivity index (χ3v) is 4.35. The van der Waals surface area contributed by atoms with Crippen LogP contribution in [0, 0.1) is 18.3 Å². The molecule has 1 unspecified atom stereocenters. The fourth-order valence-corrected chi connectivity index (χ4v) is 3.12. The summed E-state index contributed by atoms with van der Waals surface area (Å²) in [6.45, 7) is 3.47. The van der Waals surface area contributed by atoms with Crippen molar-refractivity contribution in [1.82, 2.24) is 4.98 Å². The number of carbonyl (C=O) groups is 1. The number of rotatable bonds is 2. The number of pyridine rings is 1. The lowest BCUT2D eigenvalue weighted by atomic mass is 9.83. The van der Waals surface area contributed by atoms with Gasteiger partial charge in [0.05, 0.1) is 18.6 Å². The fraction of sp³-hybridized carbons (Fsp3) is 0.211. The zero-order valence-corrected chi connectivity index (χ0v) is 14.5. The molecule has 0 bridgehead atoms. The van der Waals surface area contributed by atoms with Crippen LogP contribution in [0.2, 0.25) is 0 Å². The van der Waals surface area contributed by atoms with E-state index in [4.69, 9.17) is 15.2 Å². The number of ether oxygens (including phenoxy) is 2. The Morgan fingerprint density at radius 1 is 1.35 bits per heavy atom. The van der Waals surface area contributed by atoms with Crippen molar-refractivity contribution in [2.24, 2.45) is 5.73 Å². The van der Waals surface area contributed by atoms with Gasteiger partial charge < -0.3 is 20.2 Å². The van der Waals surface area contributed by atoms with Crippen molar-refractivity contribution in [1.29, 1.82) is 5.26 Å². The van der Waals surface area contributed by atoms with Crippen molar-refractivity contribution < 1.29 is 14.3 Å². The van der Waals surface area contributed by atoms with Gasteiger partial charge in [0, 0.05) is 11.1 Å². The first-order chi connectivity index (χ1) is 12.4. The predicted molar refractivity (Wildman–Crippen MR) is 94.7 cm³/mol. The number of hydrogen-bond acceptors (Lipinski definition) is 6. The highest BCUT2D eigenvalue weighted by Crippen LogP contribution is 2.38. The molecule has 1 atom stereocenters. The van der Waals surface area contributed by atoms with E-state index in [1.807, 2.05) is 25.1 Å². The number of benzene rings is 1. The molecule has 132 valence electrons. The summed E-state index contributed by atoms with van der Waals surface area (Å²) in [6.07, 6.45) is 0. The number of H-pyrrole nitrogens is 1. The predicted octanol–water partition coefficient (Wildman–Crippen LogP) is 2.09. The number of methoxy groups -OCH3 is 1. The van der Waals surface area contributed by atoms with Crippen LogP contribution in [0.5, 0.6) is 0 Å². The molecule has 26 heavy (non-hydrogen) atoms. The van der Waals surface area contributed by atoms with Gasteiger partial charge in [-0.15, -0.1) is 0 Å². The van der Waals surface area contributed by atoms with Crippen LogP contribution in [0.15, 0.2) is 51.8 Å². The smallest absolute Gasteiger partial charge is 0.338 e. The number of nitrogens with one attached hydrogen (secondary N) is 1. The van der Waals surface area contributed by atoms with E-state index in [0.29, 0.717) is 5.52 Å². The fourth-order valence-electron chi connectivity index (χ4n) is 3.12. The molecule has 0 aliphatic carbocycles. The SMILES string of the molecule is COC(=O)C1=C(C)OC(N)=C(C#N)C1c1cc2cc(C)ccc2[nH]c1=O. The van der Waals surface area contributed by atoms with E-state index in [0.717, 1.165) is 10.9 Å². The molecule has 2 heterocycles. The van der Waals surface area contributed by atoms with E-state index in [1.54, 1.807) is 19.1 Å². The summed E-state index contributed by atoms with van der Waals surface area (Å²) < 4.78 is 10.1. The normalized spacial score (nSPS) is 17.1. The van der Waals surface area contributed by atoms with Crippen molar-refractivity contribution in [3.05, 3.63) is 68.5 Å². The van der Waals surface area contributed by atoms with Gasteiger partial charge in [-0.2, -0.15) is 5.26 Å². The summed E-state index contributed by atoms with van der Waals surface area (Å²) in [5, 5.41) is 10.3. The number of nitrogens with two attached hydrogens (primary N) is 1. The highest BCUT2D eigenvalue weighted by atomic mass is 16.5. The van der Waals surface area contributed by atoms with E-state index in [1.165, 1.54) is 7.11 Å². The first-order valence-corrected chi connectivity index (χ1v) is 7.87. The van der Waals surface area contributed by atoms with Gasteiger partial charge in [-0.3, -0.25) is 4.79 Å². The van der Waals surface area contributed by atoms with Crippen molar-refractivity contribution in [3.63, 3.8) is 0 Å². The van der Waals surface area contributed by atoms with Crippen LogP contribution in [-0.4, -0.2) is 18.1 Å². The van der Waals surface area contributed by atoms with Gasteiger partial charge >= 0.3 is 5.97 Å². The molecule has 0 fully saturated rings. The Labute approximate surface area is 149 Å². The number of aromatic amines is 1. The number of aromatic nitrogens is 1. The second kappa shape index (κ2) is 6.41. The molecule has 7 heteroatoms. The number of esters is 1. The molecule has 2 aromatic rings. The van der Waals surface area contributed by atoms with Gasteiger partial charge in [0.25, 0.3) is 5.56 Å². The van der Waals surface area contributed by atoms with Crippen molar-refractivity contribution in [3.8, 4) is 6.07 Å². The van der Waals surface area contributed by atoms with E-state index in [9.17, 15) is 14.9 Å². The average Bonchev–Trinajstić information content (AvgIpc) is 2.60. The first kappa shape index (κ1) is 17.3. The molecular formula is C19H17N3O4. The lowest BCUT2D eigenvalue weighted by Gasteiger charge is -2.26. The van der Waals surface area contributed by atoms with Crippen LogP contribution >= 0.6 is 0 Å². The molecule has 0 amide bonds. The number of allylic oxidation sites excluding steroid dienone is 2. The van der Waals surface area contributed by atoms with Crippen LogP contribution in [0.25, 0.3) is 10.9 Å². The number of fused-ring (bicyclic) bond motifs is 1. The minimum absolute atomic E-state index is 0.00602. The molecule has 3 rings (SSSR count). The molecular weight excluding hydrogens is 334 g/mol. The average molecular weight is 351 g/mol. The van der Waals surface area contributed by atoms with E-state index in [2.05, 4.69) is 4.98 Å². The topological polar surface area (TPSA) is 118 Å². The monoisotopic (exact) mass is 351 g/mol. The molecule has 7 nitrogen and oxygen atoms in total. The van der Waals surface area contributed by atoms with Crippen LogP contribution in [0.1, 0.15) is 24.0 Å². The summed E-state index contributed by atoms with van der Waals surface area (Å²) in [5.74, 6) is -1.58. The molecule has 0 saturated heterocycles. The molecule has 1 aliphatic rings. The minimum atomic E-state index is -0.963. The first-order valence-electron chi connectivity index (χ1n) is 7.87. The largest absolute Gasteiger partial charge is 0.466 e. The standard InChI is InChI=1S/C19H17N3O4/c1-9-4-5-14-11(6-9)7-12(18(23)22-14)16-13(8-20)17(21)26-10(2)15(16)19(24)25-3/h4-7,16H,21H2,1-3H3,(H,22,23). The number of hydrogen-bond donors (Lipinski definition) is 2. The zero-order chi connectivity index (χ0) is 19.0. The lowest BCUT2D eigenvalue weighted by molar-refractivity contribution is -0.136.